The summed E-state index contributed by atoms with van der Waals surface area (Å²) in [5, 5.41) is 0. The molecule has 0 aromatic heterocycles. The Bertz CT molecular complexity index is 1050. The van der Waals surface area contributed by atoms with Gasteiger partial charge in [-0.3, -0.25) is 4.79 Å². The Morgan fingerprint density at radius 3 is 2.17 bits per heavy atom. The van der Waals surface area contributed by atoms with Crippen LogP contribution in [-0.2, 0) is 0 Å². The monoisotopic (exact) mass is 400 g/mol. The highest BCUT2D eigenvalue weighted by molar-refractivity contribution is 6.06. The fourth-order valence-electron chi connectivity index (χ4n) is 2.86. The summed E-state index contributed by atoms with van der Waals surface area (Å²) in [7, 11) is 1.54. The molecule has 0 amide bonds. The number of methoxy groups -OCH3 is 1. The van der Waals surface area contributed by atoms with E-state index in [-0.39, 0.29) is 5.78 Å². The molecule has 0 saturated carbocycles. The Balaban J connectivity index is 1.63. The van der Waals surface area contributed by atoms with Crippen LogP contribution in [0, 0.1) is 0 Å². The maximum atomic E-state index is 12.4. The predicted molar refractivity (Wildman–Crippen MR) is 118 cm³/mol. The molecule has 0 aliphatic carbocycles. The number of esters is 1. The SMILES string of the molecule is COc1cccc(C(=O)Oc2ccc(C(=O)C=Cc3ccc(C(C)C)cc3)cc2)c1. The van der Waals surface area contributed by atoms with E-state index in [1.165, 1.54) is 12.7 Å². The van der Waals surface area contributed by atoms with Gasteiger partial charge in [-0.15, -0.1) is 0 Å². The van der Waals surface area contributed by atoms with E-state index in [0.717, 1.165) is 5.56 Å². The van der Waals surface area contributed by atoms with Crippen molar-refractivity contribution in [2.75, 3.05) is 7.11 Å². The minimum atomic E-state index is -0.488. The molecule has 0 heterocycles. The number of ether oxygens (including phenoxy) is 2. The van der Waals surface area contributed by atoms with E-state index in [2.05, 4.69) is 26.0 Å². The minimum absolute atomic E-state index is 0.117. The minimum Gasteiger partial charge on any atom is -0.497 e. The lowest BCUT2D eigenvalue weighted by Crippen LogP contribution is -2.08. The molecule has 0 aliphatic rings. The van der Waals surface area contributed by atoms with E-state index in [0.29, 0.717) is 28.5 Å². The predicted octanol–water partition coefficient (Wildman–Crippen LogP) is 5.93. The molecule has 4 nitrogen and oxygen atoms in total. The summed E-state index contributed by atoms with van der Waals surface area (Å²) in [5.41, 5.74) is 3.14. The number of carbonyl (C=O) groups excluding carboxylic acids is 2. The molecule has 0 radical (unpaired) electrons. The Morgan fingerprint density at radius 1 is 0.833 bits per heavy atom. The maximum absolute atomic E-state index is 12.4. The van der Waals surface area contributed by atoms with Crippen LogP contribution in [0.2, 0.25) is 0 Å². The van der Waals surface area contributed by atoms with Crippen LogP contribution in [0.15, 0.2) is 78.9 Å². The van der Waals surface area contributed by atoms with Gasteiger partial charge in [-0.25, -0.2) is 4.79 Å². The number of hydrogen-bond acceptors (Lipinski definition) is 4. The van der Waals surface area contributed by atoms with Crippen molar-refractivity contribution in [2.45, 2.75) is 19.8 Å². The number of rotatable bonds is 7. The molecule has 0 fully saturated rings. The van der Waals surface area contributed by atoms with Crippen LogP contribution in [0.4, 0.5) is 0 Å². The molecular formula is C26H24O4. The molecule has 0 atom stereocenters. The fourth-order valence-corrected chi connectivity index (χ4v) is 2.86. The van der Waals surface area contributed by atoms with Gasteiger partial charge in [-0.2, -0.15) is 0 Å². The number of ketones is 1. The molecule has 30 heavy (non-hydrogen) atoms. The molecule has 0 N–H and O–H groups in total. The van der Waals surface area contributed by atoms with E-state index >= 15 is 0 Å². The second-order valence-electron chi connectivity index (χ2n) is 7.16. The average molecular weight is 400 g/mol. The standard InChI is InChI=1S/C26H24O4/c1-18(2)20-10-7-19(8-11-20)9-16-25(27)21-12-14-23(15-13-21)30-26(28)22-5-4-6-24(17-22)29-3/h4-18H,1-3H3. The third kappa shape index (κ3) is 5.45. The van der Waals surface area contributed by atoms with Crippen LogP contribution in [0.5, 0.6) is 11.5 Å². The normalized spacial score (nSPS) is 10.9. The fraction of sp³-hybridized carbons (Fsp3) is 0.154. The first-order valence-corrected chi connectivity index (χ1v) is 9.75. The molecule has 0 saturated heterocycles. The summed E-state index contributed by atoms with van der Waals surface area (Å²) in [6.07, 6.45) is 3.34. The first-order chi connectivity index (χ1) is 14.5. The quantitative estimate of drug-likeness (QED) is 0.213. The van der Waals surface area contributed by atoms with Crippen LogP contribution in [0.1, 0.15) is 51.6 Å². The zero-order valence-electron chi connectivity index (χ0n) is 17.3. The van der Waals surface area contributed by atoms with E-state index in [1.54, 1.807) is 60.7 Å². The third-order valence-corrected chi connectivity index (χ3v) is 4.69. The van der Waals surface area contributed by atoms with E-state index in [4.69, 9.17) is 9.47 Å². The van der Waals surface area contributed by atoms with Gasteiger partial charge in [0.1, 0.15) is 11.5 Å². The first-order valence-electron chi connectivity index (χ1n) is 9.75. The van der Waals surface area contributed by atoms with Crippen LogP contribution in [-0.4, -0.2) is 18.9 Å². The van der Waals surface area contributed by atoms with Crippen molar-refractivity contribution in [3.05, 3.63) is 101 Å². The van der Waals surface area contributed by atoms with Crippen molar-refractivity contribution in [3.63, 3.8) is 0 Å². The summed E-state index contributed by atoms with van der Waals surface area (Å²) >= 11 is 0. The van der Waals surface area contributed by atoms with Crippen molar-refractivity contribution < 1.29 is 19.1 Å². The zero-order chi connectivity index (χ0) is 21.5. The molecule has 0 aliphatic heterocycles. The zero-order valence-corrected chi connectivity index (χ0v) is 17.3. The lowest BCUT2D eigenvalue weighted by molar-refractivity contribution is 0.0734. The van der Waals surface area contributed by atoms with Gasteiger partial charge in [-0.1, -0.05) is 50.3 Å². The first kappa shape index (κ1) is 21.1. The Morgan fingerprint density at radius 2 is 1.53 bits per heavy atom. The summed E-state index contributed by atoms with van der Waals surface area (Å²) in [4.78, 5) is 24.7. The highest BCUT2D eigenvalue weighted by Gasteiger charge is 2.10. The van der Waals surface area contributed by atoms with Gasteiger partial charge in [0.25, 0.3) is 0 Å². The van der Waals surface area contributed by atoms with Crippen LogP contribution in [0.3, 0.4) is 0 Å². The topological polar surface area (TPSA) is 52.6 Å². The molecule has 152 valence electrons. The number of benzene rings is 3. The number of hydrogen-bond donors (Lipinski definition) is 0. The average Bonchev–Trinajstić information content (AvgIpc) is 2.78. The molecule has 3 aromatic carbocycles. The Labute approximate surface area is 176 Å². The van der Waals surface area contributed by atoms with Crippen molar-refractivity contribution in [3.8, 4) is 11.5 Å². The highest BCUT2D eigenvalue weighted by atomic mass is 16.5. The van der Waals surface area contributed by atoms with Gasteiger partial charge in [0.2, 0.25) is 0 Å². The highest BCUT2D eigenvalue weighted by Crippen LogP contribution is 2.18. The molecular weight excluding hydrogens is 376 g/mol. The Kier molecular flexibility index (Phi) is 6.81. The smallest absolute Gasteiger partial charge is 0.343 e. The summed E-state index contributed by atoms with van der Waals surface area (Å²) < 4.78 is 10.5. The number of carbonyl (C=O) groups is 2. The molecule has 0 bridgehead atoms. The second-order valence-corrected chi connectivity index (χ2v) is 7.16. The lowest BCUT2D eigenvalue weighted by Gasteiger charge is -2.06. The van der Waals surface area contributed by atoms with Crippen molar-refractivity contribution >= 4 is 17.8 Å². The maximum Gasteiger partial charge on any atom is 0.343 e. The summed E-state index contributed by atoms with van der Waals surface area (Å²) in [6, 6.07) is 21.4. The van der Waals surface area contributed by atoms with Crippen LogP contribution in [0.25, 0.3) is 6.08 Å². The molecule has 3 aromatic rings. The Hall–Kier alpha value is -3.66. The lowest BCUT2D eigenvalue weighted by atomic mass is 10.0. The van der Waals surface area contributed by atoms with Gasteiger partial charge < -0.3 is 9.47 Å². The van der Waals surface area contributed by atoms with E-state index in [1.807, 2.05) is 12.1 Å². The largest absolute Gasteiger partial charge is 0.497 e. The molecule has 3 rings (SSSR count). The number of allylic oxidation sites excluding steroid dienone is 1. The van der Waals surface area contributed by atoms with Crippen molar-refractivity contribution in [1.82, 2.24) is 0 Å². The van der Waals surface area contributed by atoms with Gasteiger partial charge in [0.05, 0.1) is 12.7 Å². The molecule has 0 unspecified atom stereocenters. The van der Waals surface area contributed by atoms with E-state index in [9.17, 15) is 9.59 Å². The van der Waals surface area contributed by atoms with E-state index < -0.39 is 5.97 Å². The second kappa shape index (κ2) is 9.70. The van der Waals surface area contributed by atoms with Crippen LogP contribution >= 0.6 is 0 Å². The molecule has 4 heteroatoms. The van der Waals surface area contributed by atoms with Crippen LogP contribution < -0.4 is 9.47 Å². The summed E-state index contributed by atoms with van der Waals surface area (Å²) in [6.45, 7) is 4.29. The van der Waals surface area contributed by atoms with Gasteiger partial charge in [0, 0.05) is 5.56 Å². The third-order valence-electron chi connectivity index (χ3n) is 4.69. The van der Waals surface area contributed by atoms with Gasteiger partial charge in [0.15, 0.2) is 5.78 Å². The molecule has 0 spiro atoms. The van der Waals surface area contributed by atoms with Gasteiger partial charge >= 0.3 is 5.97 Å². The van der Waals surface area contributed by atoms with Crippen molar-refractivity contribution in [1.29, 1.82) is 0 Å². The van der Waals surface area contributed by atoms with Crippen molar-refractivity contribution in [2.24, 2.45) is 0 Å². The summed E-state index contributed by atoms with van der Waals surface area (Å²) in [5.74, 6) is 0.816. The van der Waals surface area contributed by atoms with Gasteiger partial charge in [-0.05, 0) is 65.6 Å².